The number of nitrogens with one attached hydrogen (secondary N) is 1. The summed E-state index contributed by atoms with van der Waals surface area (Å²) in [6.07, 6.45) is 3.62. The molecule has 140 valence electrons. The fourth-order valence-electron chi connectivity index (χ4n) is 3.80. The van der Waals surface area contributed by atoms with Crippen LogP contribution in [0.3, 0.4) is 0 Å². The summed E-state index contributed by atoms with van der Waals surface area (Å²) >= 11 is 7.19. The van der Waals surface area contributed by atoms with E-state index in [1.807, 2.05) is 29.8 Å². The molecule has 2 atom stereocenters. The molecule has 1 saturated heterocycles. The number of nitrogens with zero attached hydrogens (tertiary/aromatic N) is 4. The number of thiazole rings is 1. The molecule has 27 heavy (non-hydrogen) atoms. The molecule has 8 heteroatoms. The number of aliphatic hydroxyl groups is 1. The van der Waals surface area contributed by atoms with Gasteiger partial charge in [0, 0.05) is 35.7 Å². The summed E-state index contributed by atoms with van der Waals surface area (Å²) in [5, 5.41) is 16.6. The molecule has 0 spiro atoms. The van der Waals surface area contributed by atoms with E-state index in [2.05, 4.69) is 44.7 Å². The van der Waals surface area contributed by atoms with Crippen molar-refractivity contribution in [2.75, 3.05) is 13.2 Å². The summed E-state index contributed by atoms with van der Waals surface area (Å²) in [5.74, 6) is 0. The number of hydrogen-bond acceptors (Lipinski definition) is 5. The van der Waals surface area contributed by atoms with Crippen molar-refractivity contribution in [1.29, 1.82) is 0 Å². The molecule has 0 radical (unpaired) electrons. The highest BCUT2D eigenvalue weighted by atomic mass is 32.1. The number of aromatic nitrogens is 3. The lowest BCUT2D eigenvalue weighted by Gasteiger charge is -2.27. The van der Waals surface area contributed by atoms with Gasteiger partial charge in [0.1, 0.15) is 0 Å². The van der Waals surface area contributed by atoms with Gasteiger partial charge in [0.15, 0.2) is 10.2 Å². The molecule has 0 bridgehead atoms. The second-order valence-corrected chi connectivity index (χ2v) is 7.78. The third-order valence-electron chi connectivity index (χ3n) is 4.94. The third kappa shape index (κ3) is 3.13. The van der Waals surface area contributed by atoms with Crippen molar-refractivity contribution >= 4 is 28.7 Å². The number of hydrogen-bond donors (Lipinski definition) is 2. The summed E-state index contributed by atoms with van der Waals surface area (Å²) in [5.41, 5.74) is 4.35. The Balaban J connectivity index is 1.83. The van der Waals surface area contributed by atoms with Gasteiger partial charge in [0.25, 0.3) is 0 Å². The molecule has 1 fully saturated rings. The number of aryl methyl sites for hydroxylation is 1. The lowest BCUT2D eigenvalue weighted by atomic mass is 9.97. The van der Waals surface area contributed by atoms with Crippen LogP contribution in [0.25, 0.3) is 5.13 Å². The molecule has 6 nitrogen and oxygen atoms in total. The SMILES string of the molecule is Cc1cc([C@@H]2[C@H](c3ccccn3)NC(=S)N2CCO)c(C)n1-c1nccs1. The van der Waals surface area contributed by atoms with Gasteiger partial charge < -0.3 is 15.3 Å². The molecular formula is C19H21N5OS2. The number of thiocarbonyl (C=S) groups is 1. The van der Waals surface area contributed by atoms with Crippen LogP contribution in [0.1, 0.15) is 34.7 Å². The van der Waals surface area contributed by atoms with Gasteiger partial charge in [-0.05, 0) is 49.8 Å². The predicted octanol–water partition coefficient (Wildman–Crippen LogP) is 2.91. The molecular weight excluding hydrogens is 378 g/mol. The molecule has 1 aliphatic rings. The van der Waals surface area contributed by atoms with Crippen LogP contribution in [0.4, 0.5) is 0 Å². The normalized spacial score (nSPS) is 19.5. The first kappa shape index (κ1) is 18.1. The highest BCUT2D eigenvalue weighted by molar-refractivity contribution is 7.80. The zero-order valence-electron chi connectivity index (χ0n) is 15.2. The summed E-state index contributed by atoms with van der Waals surface area (Å²) in [4.78, 5) is 11.1. The first-order valence-corrected chi connectivity index (χ1v) is 10.1. The number of β-amino-alcohol motifs (C(OH)–C–C–N with tert-alkyl or cyclic N) is 1. The second-order valence-electron chi connectivity index (χ2n) is 6.52. The van der Waals surface area contributed by atoms with Crippen LogP contribution >= 0.6 is 23.6 Å². The van der Waals surface area contributed by atoms with Gasteiger partial charge in [-0.3, -0.25) is 9.55 Å². The minimum Gasteiger partial charge on any atom is -0.395 e. The van der Waals surface area contributed by atoms with Crippen molar-refractivity contribution in [2.24, 2.45) is 0 Å². The Kier molecular flexibility index (Phi) is 4.94. The van der Waals surface area contributed by atoms with Crippen molar-refractivity contribution in [3.05, 3.63) is 64.7 Å². The smallest absolute Gasteiger partial charge is 0.193 e. The Morgan fingerprint density at radius 1 is 1.26 bits per heavy atom. The largest absolute Gasteiger partial charge is 0.395 e. The summed E-state index contributed by atoms with van der Waals surface area (Å²) in [6.45, 7) is 4.71. The van der Waals surface area contributed by atoms with Gasteiger partial charge in [-0.25, -0.2) is 4.98 Å². The fourth-order valence-corrected chi connectivity index (χ4v) is 4.88. The highest BCUT2D eigenvalue weighted by Crippen LogP contribution is 2.41. The van der Waals surface area contributed by atoms with E-state index in [9.17, 15) is 5.11 Å². The molecule has 1 aliphatic heterocycles. The molecule has 3 aromatic rings. The van der Waals surface area contributed by atoms with Gasteiger partial charge in [-0.2, -0.15) is 0 Å². The second kappa shape index (κ2) is 7.38. The van der Waals surface area contributed by atoms with E-state index in [0.717, 1.165) is 22.2 Å². The molecule has 0 saturated carbocycles. The van der Waals surface area contributed by atoms with Crippen molar-refractivity contribution in [1.82, 2.24) is 24.8 Å². The molecule has 4 rings (SSSR count). The van der Waals surface area contributed by atoms with E-state index in [0.29, 0.717) is 11.7 Å². The Hall–Kier alpha value is -2.29. The van der Waals surface area contributed by atoms with E-state index in [1.165, 1.54) is 5.56 Å². The van der Waals surface area contributed by atoms with Crippen LogP contribution in [0, 0.1) is 13.8 Å². The molecule has 0 amide bonds. The average molecular weight is 400 g/mol. The lowest BCUT2D eigenvalue weighted by molar-refractivity contribution is 0.223. The monoisotopic (exact) mass is 399 g/mol. The minimum atomic E-state index is -0.0736. The highest BCUT2D eigenvalue weighted by Gasteiger charge is 2.41. The zero-order chi connectivity index (χ0) is 19.0. The van der Waals surface area contributed by atoms with Crippen molar-refractivity contribution in [3.63, 3.8) is 0 Å². The number of pyridine rings is 1. The quantitative estimate of drug-likeness (QED) is 0.643. The van der Waals surface area contributed by atoms with Crippen molar-refractivity contribution in [2.45, 2.75) is 25.9 Å². The zero-order valence-corrected chi connectivity index (χ0v) is 16.8. The first-order chi connectivity index (χ1) is 13.1. The van der Waals surface area contributed by atoms with Crippen molar-refractivity contribution < 1.29 is 5.11 Å². The molecule has 0 unspecified atom stereocenters. The molecule has 3 aromatic heterocycles. The van der Waals surface area contributed by atoms with Crippen molar-refractivity contribution in [3.8, 4) is 5.13 Å². The Labute approximate surface area is 167 Å². The molecule has 0 aliphatic carbocycles. The van der Waals surface area contributed by atoms with Gasteiger partial charge in [0.05, 0.1) is 24.4 Å². The minimum absolute atomic E-state index is 0.0402. The number of rotatable bonds is 5. The average Bonchev–Trinajstić information content (AvgIpc) is 3.36. The molecule has 4 heterocycles. The van der Waals surface area contributed by atoms with E-state index >= 15 is 0 Å². The topological polar surface area (TPSA) is 66.2 Å². The van der Waals surface area contributed by atoms with Crippen LogP contribution in [0.5, 0.6) is 0 Å². The molecule has 0 aromatic carbocycles. The van der Waals surface area contributed by atoms with Crippen LogP contribution in [-0.2, 0) is 0 Å². The maximum Gasteiger partial charge on any atom is 0.193 e. The van der Waals surface area contributed by atoms with Gasteiger partial charge in [-0.15, -0.1) is 11.3 Å². The van der Waals surface area contributed by atoms with E-state index in [4.69, 9.17) is 12.2 Å². The van der Waals surface area contributed by atoms with Crippen LogP contribution in [0.15, 0.2) is 42.0 Å². The standard InChI is InChI=1S/C19H21N5OS2/c1-12-11-14(13(2)24(12)19-21-7-10-27-19)17-16(15-5-3-4-6-20-15)22-18(26)23(17)8-9-25/h3-7,10-11,16-17,25H,8-9H2,1-2H3,(H,22,26)/t16-,17+/m0/s1. The van der Waals surface area contributed by atoms with Gasteiger partial charge in [-0.1, -0.05) is 6.07 Å². The summed E-state index contributed by atoms with van der Waals surface area (Å²) < 4.78 is 2.17. The van der Waals surface area contributed by atoms with Crippen LogP contribution < -0.4 is 5.32 Å². The van der Waals surface area contributed by atoms with Gasteiger partial charge >= 0.3 is 0 Å². The number of aliphatic hydroxyl groups excluding tert-OH is 1. The first-order valence-electron chi connectivity index (χ1n) is 8.79. The molecule has 2 N–H and O–H groups in total. The Morgan fingerprint density at radius 3 is 2.78 bits per heavy atom. The van der Waals surface area contributed by atoms with E-state index < -0.39 is 0 Å². The Bertz CT molecular complexity index is 939. The van der Waals surface area contributed by atoms with Crippen LogP contribution in [-0.4, -0.2) is 42.8 Å². The van der Waals surface area contributed by atoms with Crippen LogP contribution in [0.2, 0.25) is 0 Å². The predicted molar refractivity (Wildman–Crippen MR) is 110 cm³/mol. The fraction of sp³-hybridized carbons (Fsp3) is 0.316. The lowest BCUT2D eigenvalue weighted by Crippen LogP contribution is -2.32. The maximum atomic E-state index is 9.59. The van der Waals surface area contributed by atoms with E-state index in [-0.39, 0.29) is 18.7 Å². The summed E-state index contributed by atoms with van der Waals surface area (Å²) in [6, 6.07) is 7.98. The van der Waals surface area contributed by atoms with E-state index in [1.54, 1.807) is 17.5 Å². The summed E-state index contributed by atoms with van der Waals surface area (Å²) in [7, 11) is 0. The Morgan fingerprint density at radius 2 is 2.11 bits per heavy atom. The maximum absolute atomic E-state index is 9.59. The van der Waals surface area contributed by atoms with Gasteiger partial charge in [0.2, 0.25) is 0 Å². The third-order valence-corrected chi connectivity index (χ3v) is 6.05.